The molecule has 2 aromatic rings. The first-order valence-electron chi connectivity index (χ1n) is 11.2. The number of aliphatic carboxylic acids is 1. The zero-order valence-corrected chi connectivity index (χ0v) is 19.6. The van der Waals surface area contributed by atoms with E-state index in [1.807, 2.05) is 48.5 Å². The number of hydrogen-bond donors (Lipinski definition) is 3. The number of hydrogen-bond acceptors (Lipinski definition) is 7. The average molecular weight is 472 g/mol. The van der Waals surface area contributed by atoms with Gasteiger partial charge in [0.1, 0.15) is 24.5 Å². The highest BCUT2D eigenvalue weighted by molar-refractivity contribution is 6.15. The Labute approximate surface area is 200 Å². The molecule has 9 nitrogen and oxygen atoms in total. The zero-order chi connectivity index (χ0) is 24.9. The molecule has 1 saturated heterocycles. The van der Waals surface area contributed by atoms with Crippen LogP contribution in [0.5, 0.6) is 5.75 Å². The predicted octanol–water partition coefficient (Wildman–Crippen LogP) is 2.52. The Morgan fingerprint density at radius 2 is 1.74 bits per heavy atom. The number of carboxylic acid groups (broad SMARTS) is 1. The van der Waals surface area contributed by atoms with Gasteiger partial charge >= 0.3 is 19.7 Å². The monoisotopic (exact) mass is 472 g/mol. The van der Waals surface area contributed by atoms with Gasteiger partial charge in [-0.05, 0) is 30.0 Å². The number of rotatable bonds is 9. The van der Waals surface area contributed by atoms with E-state index < -0.39 is 18.1 Å². The third-order valence-electron chi connectivity index (χ3n) is 5.03. The summed E-state index contributed by atoms with van der Waals surface area (Å²) < 4.78 is 15.7. The van der Waals surface area contributed by atoms with E-state index in [2.05, 4.69) is 18.5 Å². The largest absolute Gasteiger partial charge is 0.488 e. The van der Waals surface area contributed by atoms with Gasteiger partial charge in [0.15, 0.2) is 0 Å². The number of carbonyl (C=O) groups excluding carboxylic acids is 1. The van der Waals surface area contributed by atoms with Crippen LogP contribution in [-0.2, 0) is 20.8 Å². The second kappa shape index (κ2) is 14.2. The van der Waals surface area contributed by atoms with E-state index in [1.165, 1.54) is 4.90 Å². The molecule has 0 unspecified atom stereocenters. The van der Waals surface area contributed by atoms with Crippen molar-refractivity contribution < 1.29 is 33.8 Å². The standard InChI is InChI=1S/C19H19NO5.C5H14BNO2/c21-18(22)17-11-16(25-15-9-5-2-6-10-15)12-20(17)19(23)24-13-14-7-3-1-4-8-14;1-4(2)3-5(7)9-6-8/h1-10,16-17H,11-13H2,(H,21,22);4-6,8H,3,7H2,1-2H3/t16-,17+;5-/m11/s1. The molecule has 1 heterocycles. The zero-order valence-electron chi connectivity index (χ0n) is 19.6. The minimum absolute atomic E-state index is 0.104. The number of ether oxygens (including phenoxy) is 2. The average Bonchev–Trinajstić information content (AvgIpc) is 3.23. The first-order chi connectivity index (χ1) is 16.3. The SMILES string of the molecule is CC(C)C[C@H](N)OBO.O=C(O)[C@@H]1C[C@@H](Oc2ccccc2)CN1C(=O)OCc1ccccc1. The van der Waals surface area contributed by atoms with Crippen LogP contribution in [0.2, 0.25) is 0 Å². The lowest BCUT2D eigenvalue weighted by atomic mass is 10.1. The van der Waals surface area contributed by atoms with E-state index in [0.29, 0.717) is 11.7 Å². The van der Waals surface area contributed by atoms with E-state index in [4.69, 9.17) is 20.2 Å². The topological polar surface area (TPSA) is 132 Å². The van der Waals surface area contributed by atoms with Crippen LogP contribution in [0.4, 0.5) is 4.79 Å². The highest BCUT2D eigenvalue weighted by atomic mass is 16.6. The van der Waals surface area contributed by atoms with E-state index in [0.717, 1.165) is 12.0 Å². The van der Waals surface area contributed by atoms with Crippen LogP contribution >= 0.6 is 0 Å². The summed E-state index contributed by atoms with van der Waals surface area (Å²) in [7, 11) is -0.284. The highest BCUT2D eigenvalue weighted by Gasteiger charge is 2.41. The van der Waals surface area contributed by atoms with Crippen LogP contribution < -0.4 is 10.5 Å². The minimum atomic E-state index is -1.06. The molecule has 1 amide bonds. The Morgan fingerprint density at radius 3 is 2.29 bits per heavy atom. The first-order valence-corrected chi connectivity index (χ1v) is 11.2. The van der Waals surface area contributed by atoms with Crippen LogP contribution in [0.15, 0.2) is 60.7 Å². The van der Waals surface area contributed by atoms with Crippen molar-refractivity contribution in [1.29, 1.82) is 0 Å². The lowest BCUT2D eigenvalue weighted by Crippen LogP contribution is -2.40. The summed E-state index contributed by atoms with van der Waals surface area (Å²) in [6, 6.07) is 17.4. The molecule has 10 heteroatoms. The van der Waals surface area contributed by atoms with Gasteiger partial charge in [0.2, 0.25) is 0 Å². The van der Waals surface area contributed by atoms with Crippen molar-refractivity contribution in [2.24, 2.45) is 11.7 Å². The van der Waals surface area contributed by atoms with Gasteiger partial charge in [-0.1, -0.05) is 62.4 Å². The molecule has 1 aliphatic rings. The summed E-state index contributed by atoms with van der Waals surface area (Å²) in [6.07, 6.45) is -0.316. The maximum atomic E-state index is 12.3. The summed E-state index contributed by atoms with van der Waals surface area (Å²) in [4.78, 5) is 25.0. The van der Waals surface area contributed by atoms with Gasteiger partial charge in [-0.15, -0.1) is 0 Å². The number of carboxylic acids is 1. The van der Waals surface area contributed by atoms with Crippen molar-refractivity contribution in [1.82, 2.24) is 4.90 Å². The van der Waals surface area contributed by atoms with Crippen molar-refractivity contribution >= 4 is 19.7 Å². The fraction of sp³-hybridized carbons (Fsp3) is 0.417. The van der Waals surface area contributed by atoms with Gasteiger partial charge < -0.3 is 30.0 Å². The Hall–Kier alpha value is -3.08. The molecule has 0 aliphatic carbocycles. The summed E-state index contributed by atoms with van der Waals surface area (Å²) >= 11 is 0. The normalized spacial score (nSPS) is 18.0. The molecule has 34 heavy (non-hydrogen) atoms. The molecule has 4 N–H and O–H groups in total. The number of benzene rings is 2. The molecular weight excluding hydrogens is 439 g/mol. The molecule has 0 aromatic heterocycles. The number of nitrogens with zero attached hydrogens (tertiary/aromatic N) is 1. The third kappa shape index (κ3) is 9.42. The molecule has 0 saturated carbocycles. The smallest absolute Gasteiger partial charge is 0.436 e. The summed E-state index contributed by atoms with van der Waals surface area (Å²) in [5.74, 6) is 0.110. The number of carbonyl (C=O) groups is 2. The minimum Gasteiger partial charge on any atom is -0.488 e. The number of amides is 1. The number of nitrogens with two attached hydrogens (primary N) is 1. The maximum absolute atomic E-state index is 12.3. The number of para-hydroxylation sites is 1. The van der Waals surface area contributed by atoms with Gasteiger partial charge in [-0.3, -0.25) is 4.90 Å². The Bertz CT molecular complexity index is 870. The molecule has 0 radical (unpaired) electrons. The highest BCUT2D eigenvalue weighted by Crippen LogP contribution is 2.24. The molecular formula is C24H33BN2O7. The van der Waals surface area contributed by atoms with Crippen LogP contribution in [0.25, 0.3) is 0 Å². The Balaban J connectivity index is 0.000000387. The quantitative estimate of drug-likeness (QED) is 0.375. The molecule has 0 spiro atoms. The molecule has 184 valence electrons. The maximum Gasteiger partial charge on any atom is 0.436 e. The lowest BCUT2D eigenvalue weighted by molar-refractivity contribution is -0.141. The summed E-state index contributed by atoms with van der Waals surface area (Å²) in [5.41, 5.74) is 6.25. The first kappa shape index (κ1) is 27.2. The van der Waals surface area contributed by atoms with Gasteiger partial charge in [0.05, 0.1) is 12.8 Å². The van der Waals surface area contributed by atoms with Crippen molar-refractivity contribution in [3.8, 4) is 5.75 Å². The molecule has 3 atom stereocenters. The van der Waals surface area contributed by atoms with Gasteiger partial charge in [-0.2, -0.15) is 0 Å². The van der Waals surface area contributed by atoms with Crippen LogP contribution in [0.1, 0.15) is 32.3 Å². The number of likely N-dealkylation sites (tertiary alicyclic amines) is 1. The molecule has 3 rings (SSSR count). The van der Waals surface area contributed by atoms with Crippen molar-refractivity contribution in [2.75, 3.05) is 6.54 Å². The van der Waals surface area contributed by atoms with Crippen LogP contribution in [0, 0.1) is 5.92 Å². The van der Waals surface area contributed by atoms with Crippen molar-refractivity contribution in [3.63, 3.8) is 0 Å². The van der Waals surface area contributed by atoms with Gasteiger partial charge in [0, 0.05) is 6.42 Å². The summed E-state index contributed by atoms with van der Waals surface area (Å²) in [5, 5.41) is 17.6. The lowest BCUT2D eigenvalue weighted by Gasteiger charge is -2.20. The fourth-order valence-electron chi connectivity index (χ4n) is 3.44. The van der Waals surface area contributed by atoms with Crippen molar-refractivity contribution in [3.05, 3.63) is 66.2 Å². The molecule has 1 fully saturated rings. The van der Waals surface area contributed by atoms with Gasteiger partial charge in [0.25, 0.3) is 0 Å². The van der Waals surface area contributed by atoms with E-state index in [9.17, 15) is 14.7 Å². The van der Waals surface area contributed by atoms with E-state index in [-0.39, 0.29) is 39.6 Å². The Kier molecular flexibility index (Phi) is 11.4. The molecule has 1 aliphatic heterocycles. The molecule has 0 bridgehead atoms. The molecule has 2 aromatic carbocycles. The van der Waals surface area contributed by atoms with Gasteiger partial charge in [-0.25, -0.2) is 9.59 Å². The fourth-order valence-corrected chi connectivity index (χ4v) is 3.44. The van der Waals surface area contributed by atoms with Crippen LogP contribution in [0.3, 0.4) is 0 Å². The third-order valence-corrected chi connectivity index (χ3v) is 5.03. The second-order valence-electron chi connectivity index (χ2n) is 8.30. The second-order valence-corrected chi connectivity index (χ2v) is 8.30. The van der Waals surface area contributed by atoms with Crippen LogP contribution in [-0.4, -0.2) is 59.7 Å². The van der Waals surface area contributed by atoms with E-state index in [1.54, 1.807) is 12.1 Å². The summed E-state index contributed by atoms with van der Waals surface area (Å²) in [6.45, 7) is 4.40. The predicted molar refractivity (Wildman–Crippen MR) is 128 cm³/mol. The van der Waals surface area contributed by atoms with E-state index >= 15 is 0 Å². The van der Waals surface area contributed by atoms with Crippen molar-refractivity contribution in [2.45, 2.75) is 51.7 Å². The Morgan fingerprint density at radius 1 is 1.12 bits per heavy atom.